The maximum absolute atomic E-state index is 11.7. The number of hydrogen-bond donors (Lipinski definition) is 0. The maximum atomic E-state index is 11.7. The van der Waals surface area contributed by atoms with Crippen molar-refractivity contribution in [2.24, 2.45) is 0 Å². The fourth-order valence-corrected chi connectivity index (χ4v) is 2.58. The minimum Gasteiger partial charge on any atom is -0.457 e. The molecule has 110 valence electrons. The van der Waals surface area contributed by atoms with Crippen molar-refractivity contribution in [3.05, 3.63) is 54.4 Å². The quantitative estimate of drug-likeness (QED) is 0.447. The second-order valence-electron chi connectivity index (χ2n) is 4.30. The molecule has 6 heteroatoms. The van der Waals surface area contributed by atoms with Crippen molar-refractivity contribution in [1.29, 1.82) is 0 Å². The van der Waals surface area contributed by atoms with Crippen LogP contribution in [0.4, 0.5) is 0 Å². The lowest BCUT2D eigenvalue weighted by Gasteiger charge is -2.04. The molecule has 2 aromatic rings. The number of carbonyl (C=O) groups is 1. The number of esters is 1. The van der Waals surface area contributed by atoms with E-state index in [2.05, 4.69) is 29.0 Å². The van der Waals surface area contributed by atoms with Crippen molar-refractivity contribution in [3.63, 3.8) is 0 Å². The number of ether oxygens (including phenoxy) is 1. The van der Waals surface area contributed by atoms with Gasteiger partial charge in [-0.15, -0.1) is 16.9 Å². The van der Waals surface area contributed by atoms with Crippen molar-refractivity contribution < 1.29 is 9.53 Å². The van der Waals surface area contributed by atoms with Gasteiger partial charge in [0.2, 0.25) is 0 Å². The second-order valence-corrected chi connectivity index (χ2v) is 5.46. The summed E-state index contributed by atoms with van der Waals surface area (Å²) in [6.07, 6.45) is 1.52. The summed E-state index contributed by atoms with van der Waals surface area (Å²) < 4.78 is 6.69. The summed E-state index contributed by atoms with van der Waals surface area (Å²) in [7, 11) is 0. The number of benzene rings is 1. The Kier molecular flexibility index (Phi) is 5.57. The number of aromatic nitrogens is 3. The number of nitrogens with zero attached hydrogens (tertiary/aromatic N) is 3. The van der Waals surface area contributed by atoms with Gasteiger partial charge in [-0.2, -0.15) is 0 Å². The molecule has 0 fully saturated rings. The van der Waals surface area contributed by atoms with E-state index in [0.717, 1.165) is 11.4 Å². The molecule has 0 unspecified atom stereocenters. The highest BCUT2D eigenvalue weighted by Gasteiger charge is 2.17. The number of hydrogen-bond acceptors (Lipinski definition) is 5. The third kappa shape index (κ3) is 4.19. The van der Waals surface area contributed by atoms with Gasteiger partial charge in [0, 0.05) is 10.6 Å². The van der Waals surface area contributed by atoms with Crippen LogP contribution in [0.15, 0.2) is 47.9 Å². The molecule has 0 bridgehead atoms. The Morgan fingerprint density at radius 1 is 1.43 bits per heavy atom. The average molecular weight is 303 g/mol. The summed E-state index contributed by atoms with van der Waals surface area (Å²) in [4.78, 5) is 13.0. The van der Waals surface area contributed by atoms with Crippen molar-refractivity contribution in [2.75, 3.05) is 12.4 Å². The number of thioether (sulfide) groups is 1. The molecule has 0 saturated carbocycles. The molecule has 0 aliphatic rings. The zero-order valence-corrected chi connectivity index (χ0v) is 12.7. The molecule has 1 heterocycles. The zero-order valence-electron chi connectivity index (χ0n) is 11.9. The van der Waals surface area contributed by atoms with Gasteiger partial charge in [-0.1, -0.05) is 36.1 Å². The Balaban J connectivity index is 1.91. The Morgan fingerprint density at radius 2 is 2.19 bits per heavy atom. The maximum Gasteiger partial charge on any atom is 0.361 e. The lowest BCUT2D eigenvalue weighted by Crippen LogP contribution is -2.09. The first-order valence-corrected chi connectivity index (χ1v) is 7.57. The molecule has 0 aliphatic heterocycles. The average Bonchev–Trinajstić information content (AvgIpc) is 2.87. The first-order valence-electron chi connectivity index (χ1n) is 6.58. The lowest BCUT2D eigenvalue weighted by atomic mass is 10.3. The van der Waals surface area contributed by atoms with Crippen LogP contribution >= 0.6 is 11.8 Å². The molecule has 0 radical (unpaired) electrons. The predicted molar refractivity (Wildman–Crippen MR) is 82.4 cm³/mol. The molecule has 0 spiro atoms. The molecule has 0 saturated heterocycles. The van der Waals surface area contributed by atoms with Gasteiger partial charge in [0.25, 0.3) is 0 Å². The second kappa shape index (κ2) is 7.64. The molecule has 1 aromatic carbocycles. The van der Waals surface area contributed by atoms with E-state index < -0.39 is 5.97 Å². The number of aryl methyl sites for hydroxylation is 1. The molecule has 21 heavy (non-hydrogen) atoms. The SMILES string of the molecule is C=CCOC(=O)c1nnn(CCSc2ccccc2)c1C. The molecule has 1 aromatic heterocycles. The summed E-state index contributed by atoms with van der Waals surface area (Å²) in [5, 5.41) is 7.89. The van der Waals surface area contributed by atoms with Crippen LogP contribution in [0.2, 0.25) is 0 Å². The summed E-state index contributed by atoms with van der Waals surface area (Å²) in [6, 6.07) is 10.1. The van der Waals surface area contributed by atoms with E-state index >= 15 is 0 Å². The van der Waals surface area contributed by atoms with E-state index in [9.17, 15) is 4.79 Å². The minimum absolute atomic E-state index is 0.176. The third-order valence-corrected chi connectivity index (χ3v) is 3.82. The lowest BCUT2D eigenvalue weighted by molar-refractivity contribution is 0.0542. The van der Waals surface area contributed by atoms with Gasteiger partial charge in [0.05, 0.1) is 12.2 Å². The third-order valence-electron chi connectivity index (χ3n) is 2.82. The molecule has 2 rings (SSSR count). The van der Waals surface area contributed by atoms with Gasteiger partial charge in [-0.05, 0) is 19.1 Å². The van der Waals surface area contributed by atoms with Crippen molar-refractivity contribution in [1.82, 2.24) is 15.0 Å². The molecular weight excluding hydrogens is 286 g/mol. The largest absolute Gasteiger partial charge is 0.457 e. The highest BCUT2D eigenvalue weighted by atomic mass is 32.2. The van der Waals surface area contributed by atoms with Gasteiger partial charge < -0.3 is 4.74 Å². The van der Waals surface area contributed by atoms with Crippen molar-refractivity contribution in [2.45, 2.75) is 18.4 Å². The smallest absolute Gasteiger partial charge is 0.361 e. The standard InChI is InChI=1S/C15H17N3O2S/c1-3-10-20-15(19)14-12(2)18(17-16-14)9-11-21-13-7-5-4-6-8-13/h3-8H,1,9-11H2,2H3. The topological polar surface area (TPSA) is 57.0 Å². The van der Waals surface area contributed by atoms with E-state index in [1.807, 2.05) is 25.1 Å². The van der Waals surface area contributed by atoms with Crippen LogP contribution in [0.1, 0.15) is 16.2 Å². The van der Waals surface area contributed by atoms with Crippen LogP contribution in [0.5, 0.6) is 0 Å². The fourth-order valence-electron chi connectivity index (χ4n) is 1.73. The Bertz CT molecular complexity index is 611. The normalized spacial score (nSPS) is 10.3. The first kappa shape index (κ1) is 15.3. The Hall–Kier alpha value is -2.08. The van der Waals surface area contributed by atoms with E-state index in [0.29, 0.717) is 6.54 Å². The highest BCUT2D eigenvalue weighted by Crippen LogP contribution is 2.17. The Labute approximate surface area is 128 Å². The minimum atomic E-state index is -0.464. The monoisotopic (exact) mass is 303 g/mol. The van der Waals surface area contributed by atoms with Gasteiger partial charge in [0.1, 0.15) is 6.61 Å². The van der Waals surface area contributed by atoms with Crippen LogP contribution in [0.25, 0.3) is 0 Å². The number of carbonyl (C=O) groups excluding carboxylic acids is 1. The summed E-state index contributed by atoms with van der Waals surface area (Å²) in [5.74, 6) is 0.393. The van der Waals surface area contributed by atoms with E-state index in [-0.39, 0.29) is 12.3 Å². The summed E-state index contributed by atoms with van der Waals surface area (Å²) in [5.41, 5.74) is 0.985. The van der Waals surface area contributed by atoms with E-state index in [4.69, 9.17) is 4.74 Å². The number of rotatable bonds is 7. The van der Waals surface area contributed by atoms with Gasteiger partial charge in [0.15, 0.2) is 5.69 Å². The predicted octanol–water partition coefficient (Wildman–Crippen LogP) is 2.72. The summed E-state index contributed by atoms with van der Waals surface area (Å²) in [6.45, 7) is 6.18. The van der Waals surface area contributed by atoms with E-state index in [1.54, 1.807) is 16.4 Å². The van der Waals surface area contributed by atoms with Crippen molar-refractivity contribution in [3.8, 4) is 0 Å². The summed E-state index contributed by atoms with van der Waals surface area (Å²) >= 11 is 1.74. The van der Waals surface area contributed by atoms with Gasteiger partial charge >= 0.3 is 5.97 Å². The van der Waals surface area contributed by atoms with Crippen LogP contribution in [0, 0.1) is 6.92 Å². The molecule has 5 nitrogen and oxygen atoms in total. The molecule has 0 atom stereocenters. The molecule has 0 N–H and O–H groups in total. The fraction of sp³-hybridized carbons (Fsp3) is 0.267. The zero-order chi connectivity index (χ0) is 15.1. The first-order chi connectivity index (χ1) is 10.2. The van der Waals surface area contributed by atoms with Gasteiger partial charge in [-0.25, -0.2) is 9.48 Å². The van der Waals surface area contributed by atoms with Crippen LogP contribution in [0.3, 0.4) is 0 Å². The van der Waals surface area contributed by atoms with Crippen LogP contribution in [-0.4, -0.2) is 33.3 Å². The van der Waals surface area contributed by atoms with E-state index in [1.165, 1.54) is 11.0 Å². The molecule has 0 amide bonds. The highest BCUT2D eigenvalue weighted by molar-refractivity contribution is 7.99. The Morgan fingerprint density at radius 3 is 2.90 bits per heavy atom. The molecular formula is C15H17N3O2S. The van der Waals surface area contributed by atoms with Crippen molar-refractivity contribution >= 4 is 17.7 Å². The molecule has 0 aliphatic carbocycles. The van der Waals surface area contributed by atoms with Crippen LogP contribution in [-0.2, 0) is 11.3 Å². The van der Waals surface area contributed by atoms with Crippen LogP contribution < -0.4 is 0 Å². The van der Waals surface area contributed by atoms with Gasteiger partial charge in [-0.3, -0.25) is 0 Å².